The molecule has 0 aliphatic carbocycles. The normalized spacial score (nSPS) is 12.8. The van der Waals surface area contributed by atoms with Gasteiger partial charge in [0, 0.05) is 0 Å². The molecule has 0 radical (unpaired) electrons. The van der Waals surface area contributed by atoms with Gasteiger partial charge in [0.1, 0.15) is 39.5 Å². The van der Waals surface area contributed by atoms with Crippen LogP contribution >= 0.6 is 0 Å². The first-order valence-corrected chi connectivity index (χ1v) is 9.70. The summed E-state index contributed by atoms with van der Waals surface area (Å²) < 4.78 is 20.8. The third-order valence-electron chi connectivity index (χ3n) is 3.99. The number of quaternary nitrogens is 3. The Morgan fingerprint density at radius 1 is 0.556 bits per heavy atom. The van der Waals surface area contributed by atoms with Gasteiger partial charge in [0.25, 0.3) is 0 Å². The number of para-hydroxylation sites is 1. The summed E-state index contributed by atoms with van der Waals surface area (Å²) in [6, 6.07) is 5.89. The fourth-order valence-corrected chi connectivity index (χ4v) is 2.15. The first-order valence-electron chi connectivity index (χ1n) is 9.70. The Morgan fingerprint density at radius 2 is 0.889 bits per heavy atom. The second kappa shape index (κ2) is 9.62. The van der Waals surface area contributed by atoms with Crippen molar-refractivity contribution >= 4 is 0 Å². The summed E-state index contributed by atoms with van der Waals surface area (Å²) in [5, 5.41) is 0. The molecule has 0 aliphatic rings. The fraction of sp³-hybridized carbons (Fsp3) is 0.714. The highest BCUT2D eigenvalue weighted by molar-refractivity contribution is 5.51. The third kappa shape index (κ3) is 11.1. The van der Waals surface area contributed by atoms with Gasteiger partial charge in [-0.1, -0.05) is 6.07 Å². The van der Waals surface area contributed by atoms with E-state index >= 15 is 0 Å². The minimum absolute atomic E-state index is 0.616. The van der Waals surface area contributed by atoms with Crippen molar-refractivity contribution in [3.8, 4) is 17.2 Å². The maximum Gasteiger partial charge on any atom is 0.203 e. The molecule has 0 spiro atoms. The van der Waals surface area contributed by atoms with Crippen molar-refractivity contribution in [3.05, 3.63) is 18.2 Å². The molecular formula is C21H42N3O3+3. The van der Waals surface area contributed by atoms with Crippen LogP contribution in [0.3, 0.4) is 0 Å². The summed E-state index contributed by atoms with van der Waals surface area (Å²) in [5.41, 5.74) is 0. The van der Waals surface area contributed by atoms with Crippen molar-refractivity contribution in [2.75, 3.05) is 103 Å². The maximum absolute atomic E-state index is 6.13. The lowest BCUT2D eigenvalue weighted by Gasteiger charge is -2.26. The molecule has 6 heteroatoms. The van der Waals surface area contributed by atoms with Crippen LogP contribution in [-0.2, 0) is 0 Å². The first kappa shape index (κ1) is 23.5. The highest BCUT2D eigenvalue weighted by Crippen LogP contribution is 2.37. The molecule has 0 saturated carbocycles. The van der Waals surface area contributed by atoms with E-state index in [1.165, 1.54) is 0 Å². The number of ether oxygens (including phenoxy) is 3. The van der Waals surface area contributed by atoms with Crippen LogP contribution in [0.1, 0.15) is 0 Å². The zero-order valence-corrected chi connectivity index (χ0v) is 19.0. The quantitative estimate of drug-likeness (QED) is 0.516. The van der Waals surface area contributed by atoms with Gasteiger partial charge < -0.3 is 27.7 Å². The van der Waals surface area contributed by atoms with E-state index in [1.54, 1.807) is 0 Å². The molecule has 0 unspecified atom stereocenters. The molecule has 0 aromatic heterocycles. The lowest BCUT2D eigenvalue weighted by molar-refractivity contribution is -0.870. The maximum atomic E-state index is 6.13. The molecule has 0 fully saturated rings. The van der Waals surface area contributed by atoms with Gasteiger partial charge in [0.05, 0.1) is 63.4 Å². The van der Waals surface area contributed by atoms with Crippen molar-refractivity contribution in [3.63, 3.8) is 0 Å². The molecule has 1 aromatic carbocycles. The van der Waals surface area contributed by atoms with Crippen LogP contribution in [0.15, 0.2) is 18.2 Å². The van der Waals surface area contributed by atoms with Gasteiger partial charge >= 0.3 is 0 Å². The number of hydrogen-bond acceptors (Lipinski definition) is 3. The molecule has 6 nitrogen and oxygen atoms in total. The minimum Gasteiger partial charge on any atom is -0.484 e. The summed E-state index contributed by atoms with van der Waals surface area (Å²) in [4.78, 5) is 0. The largest absolute Gasteiger partial charge is 0.484 e. The molecule has 27 heavy (non-hydrogen) atoms. The van der Waals surface area contributed by atoms with Gasteiger partial charge in [-0.05, 0) is 12.1 Å². The zero-order valence-electron chi connectivity index (χ0n) is 19.0. The van der Waals surface area contributed by atoms with Crippen LogP contribution in [0.4, 0.5) is 0 Å². The molecular weight excluding hydrogens is 342 g/mol. The van der Waals surface area contributed by atoms with Crippen molar-refractivity contribution in [1.29, 1.82) is 0 Å². The number of hydrogen-bond donors (Lipinski definition) is 0. The van der Waals surface area contributed by atoms with Crippen LogP contribution < -0.4 is 14.2 Å². The molecule has 1 aromatic rings. The van der Waals surface area contributed by atoms with Crippen molar-refractivity contribution < 1.29 is 27.7 Å². The highest BCUT2D eigenvalue weighted by Gasteiger charge is 2.17. The average molecular weight is 385 g/mol. The molecule has 156 valence electrons. The molecule has 0 N–H and O–H groups in total. The smallest absolute Gasteiger partial charge is 0.203 e. The van der Waals surface area contributed by atoms with Crippen LogP contribution in [0.5, 0.6) is 17.2 Å². The predicted molar refractivity (Wildman–Crippen MR) is 112 cm³/mol. The second-order valence-corrected chi connectivity index (χ2v) is 10.2. The van der Waals surface area contributed by atoms with Crippen LogP contribution in [0, 0.1) is 0 Å². The van der Waals surface area contributed by atoms with Crippen molar-refractivity contribution in [2.45, 2.75) is 0 Å². The Morgan fingerprint density at radius 3 is 1.22 bits per heavy atom. The van der Waals surface area contributed by atoms with Crippen molar-refractivity contribution in [1.82, 2.24) is 0 Å². The van der Waals surface area contributed by atoms with Gasteiger partial charge in [0.15, 0.2) is 11.5 Å². The Balaban J connectivity index is 2.87. The fourth-order valence-electron chi connectivity index (χ4n) is 2.15. The number of rotatable bonds is 12. The van der Waals surface area contributed by atoms with E-state index in [2.05, 4.69) is 63.4 Å². The van der Waals surface area contributed by atoms with Gasteiger partial charge in [0.2, 0.25) is 5.75 Å². The lowest BCUT2D eigenvalue weighted by atomic mass is 10.3. The summed E-state index contributed by atoms with van der Waals surface area (Å²) in [7, 11) is 19.4. The van der Waals surface area contributed by atoms with Crippen LogP contribution in [-0.4, -0.2) is 116 Å². The van der Waals surface area contributed by atoms with Gasteiger partial charge in [-0.2, -0.15) is 0 Å². The van der Waals surface area contributed by atoms with E-state index < -0.39 is 0 Å². The van der Waals surface area contributed by atoms with E-state index in [0.717, 1.165) is 44.6 Å². The Kier molecular flexibility index (Phi) is 8.39. The third-order valence-corrected chi connectivity index (χ3v) is 3.99. The number of nitrogens with zero attached hydrogens (tertiary/aromatic N) is 3. The number of benzene rings is 1. The zero-order chi connectivity index (χ0) is 20.7. The van der Waals surface area contributed by atoms with Gasteiger partial charge in [-0.3, -0.25) is 0 Å². The Labute approximate surface area is 166 Å². The van der Waals surface area contributed by atoms with Crippen LogP contribution in [0.25, 0.3) is 0 Å². The molecule has 0 bridgehead atoms. The molecule has 0 amide bonds. The average Bonchev–Trinajstić information content (AvgIpc) is 2.45. The van der Waals surface area contributed by atoms with E-state index in [-0.39, 0.29) is 0 Å². The number of likely N-dealkylation sites (N-methyl/N-ethyl adjacent to an activating group) is 3. The molecule has 0 aliphatic heterocycles. The van der Waals surface area contributed by atoms with Gasteiger partial charge in [-0.15, -0.1) is 0 Å². The molecule has 1 rings (SSSR count). The van der Waals surface area contributed by atoms with Crippen molar-refractivity contribution in [2.24, 2.45) is 0 Å². The first-order chi connectivity index (χ1) is 12.3. The van der Waals surface area contributed by atoms with Gasteiger partial charge in [-0.25, -0.2) is 0 Å². The summed E-state index contributed by atoms with van der Waals surface area (Å²) in [5.74, 6) is 2.23. The molecule has 0 saturated heterocycles. The highest BCUT2D eigenvalue weighted by atomic mass is 16.5. The Bertz CT molecular complexity index is 531. The predicted octanol–water partition coefficient (Wildman–Crippen LogP) is 1.94. The van der Waals surface area contributed by atoms with E-state index in [9.17, 15) is 0 Å². The molecule has 0 atom stereocenters. The van der Waals surface area contributed by atoms with E-state index in [4.69, 9.17) is 14.2 Å². The minimum atomic E-state index is 0.616. The standard InChI is InChI=1S/C21H42N3O3/c1-22(2,3)13-16-25-19-11-10-12-20(26-17-14-23(4,5)6)21(19)27-18-15-24(7,8)9/h10-12H,13-18H2,1-9H3/q+3. The molecule has 0 heterocycles. The SMILES string of the molecule is C[N+](C)(C)CCOc1cccc(OCC[N+](C)(C)C)c1OCC[N+](C)(C)C. The summed E-state index contributed by atoms with van der Waals surface area (Å²) >= 11 is 0. The van der Waals surface area contributed by atoms with E-state index in [1.807, 2.05) is 18.2 Å². The summed E-state index contributed by atoms with van der Waals surface area (Å²) in [6.07, 6.45) is 0. The summed E-state index contributed by atoms with van der Waals surface area (Å²) in [6.45, 7) is 4.64. The lowest BCUT2D eigenvalue weighted by Crippen LogP contribution is -2.39. The monoisotopic (exact) mass is 384 g/mol. The Hall–Kier alpha value is -1.50. The topological polar surface area (TPSA) is 27.7 Å². The van der Waals surface area contributed by atoms with Crippen LogP contribution in [0.2, 0.25) is 0 Å². The second-order valence-electron chi connectivity index (χ2n) is 10.2. The van der Waals surface area contributed by atoms with E-state index in [0.29, 0.717) is 25.6 Å².